The van der Waals surface area contributed by atoms with Gasteiger partial charge in [-0.1, -0.05) is 12.1 Å². The molecule has 0 unspecified atom stereocenters. The van der Waals surface area contributed by atoms with E-state index < -0.39 is 11.6 Å². The number of benzene rings is 1. The van der Waals surface area contributed by atoms with Gasteiger partial charge in [-0.25, -0.2) is 8.78 Å². The van der Waals surface area contributed by atoms with E-state index in [9.17, 15) is 8.78 Å². The molecule has 18 heavy (non-hydrogen) atoms. The van der Waals surface area contributed by atoms with Crippen LogP contribution >= 0.6 is 0 Å². The van der Waals surface area contributed by atoms with Crippen molar-refractivity contribution < 1.29 is 13.5 Å². The molecule has 0 spiro atoms. The predicted octanol–water partition coefficient (Wildman–Crippen LogP) is 2.40. The highest BCUT2D eigenvalue weighted by Gasteiger charge is 2.09. The molecule has 2 rings (SSSR count). The average Bonchev–Trinajstić information content (AvgIpc) is 2.37. The van der Waals surface area contributed by atoms with Crippen molar-refractivity contribution in [2.75, 3.05) is 0 Å². The Morgan fingerprint density at radius 3 is 2.78 bits per heavy atom. The molecule has 0 atom stereocenters. The van der Waals surface area contributed by atoms with Crippen LogP contribution in [0.3, 0.4) is 0 Å². The summed E-state index contributed by atoms with van der Waals surface area (Å²) in [6.07, 6.45) is 2.56. The number of rotatable bonds is 4. The smallest absolute Gasteiger partial charge is 0.165 e. The van der Waals surface area contributed by atoms with Crippen LogP contribution in [0.4, 0.5) is 8.78 Å². The minimum Gasteiger partial charge on any atom is -0.485 e. The molecule has 0 radical (unpaired) electrons. The summed E-state index contributed by atoms with van der Waals surface area (Å²) in [5.74, 6) is -0.838. The Hall–Kier alpha value is -2.01. The van der Waals surface area contributed by atoms with Crippen LogP contribution in [0.2, 0.25) is 0 Å². The van der Waals surface area contributed by atoms with Crippen LogP contribution in [0, 0.1) is 11.6 Å². The molecule has 0 amide bonds. The van der Waals surface area contributed by atoms with Gasteiger partial charge in [0.15, 0.2) is 11.6 Å². The van der Waals surface area contributed by atoms with Crippen LogP contribution in [-0.2, 0) is 13.2 Å². The SMILES string of the molecule is NCc1cccc(F)c1OCc1cncc(F)c1. The summed E-state index contributed by atoms with van der Waals surface area (Å²) in [6, 6.07) is 5.82. The first kappa shape index (κ1) is 12.4. The van der Waals surface area contributed by atoms with Crippen molar-refractivity contribution in [2.45, 2.75) is 13.2 Å². The van der Waals surface area contributed by atoms with Crippen molar-refractivity contribution in [2.24, 2.45) is 5.73 Å². The third-order valence-electron chi connectivity index (χ3n) is 2.41. The van der Waals surface area contributed by atoms with Crippen LogP contribution in [0.15, 0.2) is 36.7 Å². The molecule has 2 N–H and O–H groups in total. The quantitative estimate of drug-likeness (QED) is 0.906. The van der Waals surface area contributed by atoms with Gasteiger partial charge in [-0.05, 0) is 12.1 Å². The molecule has 2 aromatic rings. The molecular weight excluding hydrogens is 238 g/mol. The maximum atomic E-state index is 13.5. The maximum Gasteiger partial charge on any atom is 0.165 e. The highest BCUT2D eigenvalue weighted by atomic mass is 19.1. The largest absolute Gasteiger partial charge is 0.485 e. The van der Waals surface area contributed by atoms with Gasteiger partial charge in [0.2, 0.25) is 0 Å². The van der Waals surface area contributed by atoms with Crippen molar-refractivity contribution >= 4 is 0 Å². The van der Waals surface area contributed by atoms with Crippen molar-refractivity contribution in [1.29, 1.82) is 0 Å². The number of para-hydroxylation sites is 1. The summed E-state index contributed by atoms with van der Waals surface area (Å²) >= 11 is 0. The van der Waals surface area contributed by atoms with E-state index in [1.54, 1.807) is 12.1 Å². The molecule has 0 bridgehead atoms. The van der Waals surface area contributed by atoms with Gasteiger partial charge in [-0.2, -0.15) is 0 Å². The number of nitrogens with zero attached hydrogens (tertiary/aromatic N) is 1. The number of nitrogens with two attached hydrogens (primary N) is 1. The Bertz CT molecular complexity index is 546. The first-order valence-corrected chi connectivity index (χ1v) is 5.40. The van der Waals surface area contributed by atoms with Crippen molar-refractivity contribution in [1.82, 2.24) is 4.98 Å². The van der Waals surface area contributed by atoms with Gasteiger partial charge < -0.3 is 10.5 Å². The van der Waals surface area contributed by atoms with E-state index in [2.05, 4.69) is 4.98 Å². The Balaban J connectivity index is 2.15. The van der Waals surface area contributed by atoms with Crippen LogP contribution in [-0.4, -0.2) is 4.98 Å². The molecule has 1 aromatic heterocycles. The van der Waals surface area contributed by atoms with E-state index in [1.807, 2.05) is 0 Å². The number of ether oxygens (including phenoxy) is 1. The lowest BCUT2D eigenvalue weighted by atomic mass is 10.2. The molecule has 1 heterocycles. The van der Waals surface area contributed by atoms with Gasteiger partial charge in [0.25, 0.3) is 0 Å². The first-order valence-electron chi connectivity index (χ1n) is 5.40. The zero-order valence-corrected chi connectivity index (χ0v) is 9.57. The summed E-state index contributed by atoms with van der Waals surface area (Å²) in [5, 5.41) is 0. The van der Waals surface area contributed by atoms with E-state index in [0.717, 1.165) is 6.20 Å². The summed E-state index contributed by atoms with van der Waals surface area (Å²) in [4.78, 5) is 3.69. The zero-order chi connectivity index (χ0) is 13.0. The number of pyridine rings is 1. The molecule has 0 saturated heterocycles. The minimum absolute atomic E-state index is 0.0404. The third kappa shape index (κ3) is 2.81. The second-order valence-electron chi connectivity index (χ2n) is 3.73. The van der Waals surface area contributed by atoms with E-state index in [1.165, 1.54) is 18.3 Å². The Labute approximate surface area is 103 Å². The van der Waals surface area contributed by atoms with Crippen LogP contribution in [0.1, 0.15) is 11.1 Å². The minimum atomic E-state index is -0.484. The third-order valence-corrected chi connectivity index (χ3v) is 2.41. The molecule has 5 heteroatoms. The molecule has 94 valence electrons. The fourth-order valence-electron chi connectivity index (χ4n) is 1.57. The topological polar surface area (TPSA) is 48.1 Å². The standard InChI is InChI=1S/C13H12F2N2O/c14-11-4-9(6-17-7-11)8-18-13-10(5-16)2-1-3-12(13)15/h1-4,6-7H,5,8,16H2. The molecule has 0 fully saturated rings. The highest BCUT2D eigenvalue weighted by Crippen LogP contribution is 2.23. The second-order valence-corrected chi connectivity index (χ2v) is 3.73. The second kappa shape index (κ2) is 5.55. The molecule has 0 aliphatic rings. The van der Waals surface area contributed by atoms with Crippen molar-refractivity contribution in [3.8, 4) is 5.75 Å². The Kier molecular flexibility index (Phi) is 3.84. The van der Waals surface area contributed by atoms with Gasteiger partial charge >= 0.3 is 0 Å². The van der Waals surface area contributed by atoms with Crippen LogP contribution in [0.25, 0.3) is 0 Å². The zero-order valence-electron chi connectivity index (χ0n) is 9.57. The van der Waals surface area contributed by atoms with E-state index >= 15 is 0 Å². The van der Waals surface area contributed by atoms with Crippen LogP contribution < -0.4 is 10.5 Å². The van der Waals surface area contributed by atoms with Gasteiger partial charge in [0.1, 0.15) is 12.4 Å². The summed E-state index contributed by atoms with van der Waals surface area (Å²) in [6.45, 7) is 0.215. The van der Waals surface area contributed by atoms with Crippen molar-refractivity contribution in [3.63, 3.8) is 0 Å². The lowest BCUT2D eigenvalue weighted by Gasteiger charge is -2.11. The predicted molar refractivity (Wildman–Crippen MR) is 62.8 cm³/mol. The Morgan fingerprint density at radius 2 is 2.06 bits per heavy atom. The maximum absolute atomic E-state index is 13.5. The highest BCUT2D eigenvalue weighted by molar-refractivity contribution is 5.35. The monoisotopic (exact) mass is 250 g/mol. The number of aromatic nitrogens is 1. The fraction of sp³-hybridized carbons (Fsp3) is 0.154. The van der Waals surface area contributed by atoms with Gasteiger partial charge in [0, 0.05) is 23.9 Å². The molecular formula is C13H12F2N2O. The van der Waals surface area contributed by atoms with E-state index in [4.69, 9.17) is 10.5 Å². The van der Waals surface area contributed by atoms with E-state index in [0.29, 0.717) is 11.1 Å². The number of hydrogen-bond acceptors (Lipinski definition) is 3. The fourth-order valence-corrected chi connectivity index (χ4v) is 1.57. The summed E-state index contributed by atoms with van der Waals surface area (Å²) < 4.78 is 31.8. The first-order chi connectivity index (χ1) is 8.70. The molecule has 0 aliphatic carbocycles. The lowest BCUT2D eigenvalue weighted by molar-refractivity contribution is 0.286. The van der Waals surface area contributed by atoms with Crippen molar-refractivity contribution in [3.05, 3.63) is 59.4 Å². The van der Waals surface area contributed by atoms with Gasteiger partial charge in [0.05, 0.1) is 6.20 Å². The summed E-state index contributed by atoms with van der Waals surface area (Å²) in [7, 11) is 0. The summed E-state index contributed by atoms with van der Waals surface area (Å²) in [5.41, 5.74) is 6.59. The van der Waals surface area contributed by atoms with E-state index in [-0.39, 0.29) is 18.9 Å². The lowest BCUT2D eigenvalue weighted by Crippen LogP contribution is -2.05. The van der Waals surface area contributed by atoms with Crippen LogP contribution in [0.5, 0.6) is 5.75 Å². The number of halogens is 2. The Morgan fingerprint density at radius 1 is 1.22 bits per heavy atom. The molecule has 3 nitrogen and oxygen atoms in total. The van der Waals surface area contributed by atoms with Gasteiger partial charge in [-0.15, -0.1) is 0 Å². The average molecular weight is 250 g/mol. The molecule has 0 saturated carbocycles. The number of hydrogen-bond donors (Lipinski definition) is 1. The molecule has 1 aromatic carbocycles. The van der Waals surface area contributed by atoms with Gasteiger partial charge in [-0.3, -0.25) is 4.98 Å². The normalized spacial score (nSPS) is 10.4. The molecule has 0 aliphatic heterocycles.